The first-order valence-corrected chi connectivity index (χ1v) is 6.99. The van der Waals surface area contributed by atoms with Gasteiger partial charge in [-0.2, -0.15) is 0 Å². The Labute approximate surface area is 137 Å². The van der Waals surface area contributed by atoms with Crippen molar-refractivity contribution in [2.24, 2.45) is 0 Å². The number of benzene rings is 2. The molecule has 0 saturated carbocycles. The van der Waals surface area contributed by atoms with Crippen LogP contribution in [-0.4, -0.2) is 13.1 Å². The van der Waals surface area contributed by atoms with Crippen LogP contribution in [0.1, 0.15) is 0 Å². The number of rotatable bonds is 3. The standard InChI is InChI=1S/C14H11Cl3N2O2/c1-21-13-5-3-9(7-11(13)17)18-14(20)19-12-6-8(15)2-4-10(12)16/h2-7H,1H3,(H2,18,19,20). The second-order valence-corrected chi connectivity index (χ2v) is 5.30. The molecule has 110 valence electrons. The molecule has 4 nitrogen and oxygen atoms in total. The van der Waals surface area contributed by atoms with Crippen molar-refractivity contribution in [3.05, 3.63) is 51.5 Å². The van der Waals surface area contributed by atoms with E-state index < -0.39 is 6.03 Å². The van der Waals surface area contributed by atoms with E-state index in [4.69, 9.17) is 39.5 Å². The zero-order valence-corrected chi connectivity index (χ0v) is 13.2. The summed E-state index contributed by atoms with van der Waals surface area (Å²) in [6, 6.07) is 9.25. The Bertz CT molecular complexity index is 677. The first-order valence-electron chi connectivity index (χ1n) is 5.86. The van der Waals surface area contributed by atoms with Gasteiger partial charge < -0.3 is 15.4 Å². The van der Waals surface area contributed by atoms with Crippen LogP contribution in [0.5, 0.6) is 5.75 Å². The van der Waals surface area contributed by atoms with E-state index in [-0.39, 0.29) is 0 Å². The molecule has 0 radical (unpaired) electrons. The van der Waals surface area contributed by atoms with Crippen molar-refractivity contribution in [3.8, 4) is 5.75 Å². The Hall–Kier alpha value is -1.62. The fraction of sp³-hybridized carbons (Fsp3) is 0.0714. The second kappa shape index (κ2) is 6.89. The predicted octanol–water partition coefficient (Wildman–Crippen LogP) is 5.30. The van der Waals surface area contributed by atoms with Gasteiger partial charge in [0.05, 0.1) is 22.8 Å². The van der Waals surface area contributed by atoms with Crippen molar-refractivity contribution in [1.29, 1.82) is 0 Å². The number of amides is 2. The summed E-state index contributed by atoms with van der Waals surface area (Å²) >= 11 is 17.8. The molecule has 0 unspecified atom stereocenters. The van der Waals surface area contributed by atoms with E-state index in [1.54, 1.807) is 36.4 Å². The van der Waals surface area contributed by atoms with Gasteiger partial charge in [-0.05, 0) is 36.4 Å². The molecule has 2 rings (SSSR count). The lowest BCUT2D eigenvalue weighted by Gasteiger charge is -2.10. The summed E-state index contributed by atoms with van der Waals surface area (Å²) in [5.74, 6) is 0.528. The Morgan fingerprint density at radius 2 is 1.76 bits per heavy atom. The maximum absolute atomic E-state index is 11.9. The summed E-state index contributed by atoms with van der Waals surface area (Å²) in [7, 11) is 1.52. The summed E-state index contributed by atoms with van der Waals surface area (Å²) in [6.45, 7) is 0. The number of carbonyl (C=O) groups is 1. The fourth-order valence-corrected chi connectivity index (χ4v) is 2.22. The number of anilines is 2. The Kier molecular flexibility index (Phi) is 5.17. The van der Waals surface area contributed by atoms with E-state index in [1.165, 1.54) is 7.11 Å². The molecule has 21 heavy (non-hydrogen) atoms. The van der Waals surface area contributed by atoms with Crippen LogP contribution >= 0.6 is 34.8 Å². The topological polar surface area (TPSA) is 50.4 Å². The van der Waals surface area contributed by atoms with E-state index in [0.717, 1.165) is 0 Å². The van der Waals surface area contributed by atoms with Gasteiger partial charge in [0, 0.05) is 10.7 Å². The summed E-state index contributed by atoms with van der Waals surface area (Å²) < 4.78 is 5.04. The van der Waals surface area contributed by atoms with Crippen LogP contribution in [0.25, 0.3) is 0 Å². The quantitative estimate of drug-likeness (QED) is 0.793. The molecule has 0 saturated heterocycles. The average Bonchev–Trinajstić information content (AvgIpc) is 2.43. The molecule has 0 aromatic heterocycles. The molecule has 2 N–H and O–H groups in total. The van der Waals surface area contributed by atoms with Gasteiger partial charge in [0.2, 0.25) is 0 Å². The maximum atomic E-state index is 11.9. The molecule has 0 aliphatic carbocycles. The number of carbonyl (C=O) groups excluding carboxylic acids is 1. The van der Waals surface area contributed by atoms with Gasteiger partial charge >= 0.3 is 6.03 Å². The van der Waals surface area contributed by atoms with Crippen molar-refractivity contribution in [1.82, 2.24) is 0 Å². The third-order valence-corrected chi connectivity index (χ3v) is 3.45. The molecule has 0 heterocycles. The largest absolute Gasteiger partial charge is 0.495 e. The van der Waals surface area contributed by atoms with Gasteiger partial charge in [0.15, 0.2) is 0 Å². The monoisotopic (exact) mass is 344 g/mol. The molecule has 0 fully saturated rings. The molecule has 0 aliphatic rings. The SMILES string of the molecule is COc1ccc(NC(=O)Nc2cc(Cl)ccc2Cl)cc1Cl. The Morgan fingerprint density at radius 3 is 2.43 bits per heavy atom. The van der Waals surface area contributed by atoms with Gasteiger partial charge in [0.1, 0.15) is 5.75 Å². The highest BCUT2D eigenvalue weighted by Crippen LogP contribution is 2.28. The van der Waals surface area contributed by atoms with Gasteiger partial charge in [-0.15, -0.1) is 0 Å². The highest BCUT2D eigenvalue weighted by molar-refractivity contribution is 6.35. The number of hydrogen-bond acceptors (Lipinski definition) is 2. The Balaban J connectivity index is 2.08. The molecule has 2 amide bonds. The van der Waals surface area contributed by atoms with E-state index in [2.05, 4.69) is 10.6 Å². The predicted molar refractivity (Wildman–Crippen MR) is 87.1 cm³/mol. The van der Waals surface area contributed by atoms with Gasteiger partial charge in [0.25, 0.3) is 0 Å². The highest BCUT2D eigenvalue weighted by atomic mass is 35.5. The zero-order chi connectivity index (χ0) is 15.4. The van der Waals surface area contributed by atoms with Crippen LogP contribution in [0.4, 0.5) is 16.2 Å². The molecular formula is C14H11Cl3N2O2. The fourth-order valence-electron chi connectivity index (χ4n) is 1.62. The van der Waals surface area contributed by atoms with Gasteiger partial charge in [-0.25, -0.2) is 4.79 Å². The van der Waals surface area contributed by atoms with E-state index >= 15 is 0 Å². The highest BCUT2D eigenvalue weighted by Gasteiger charge is 2.08. The van der Waals surface area contributed by atoms with Crippen LogP contribution in [-0.2, 0) is 0 Å². The molecule has 0 atom stereocenters. The smallest absolute Gasteiger partial charge is 0.323 e. The van der Waals surface area contributed by atoms with E-state index in [0.29, 0.717) is 32.2 Å². The van der Waals surface area contributed by atoms with Crippen LogP contribution in [0, 0.1) is 0 Å². The van der Waals surface area contributed by atoms with Crippen molar-refractivity contribution in [2.75, 3.05) is 17.7 Å². The van der Waals surface area contributed by atoms with Crippen molar-refractivity contribution < 1.29 is 9.53 Å². The van der Waals surface area contributed by atoms with Crippen molar-refractivity contribution in [3.63, 3.8) is 0 Å². The minimum absolute atomic E-state index is 0.391. The minimum Gasteiger partial charge on any atom is -0.495 e. The zero-order valence-electron chi connectivity index (χ0n) is 10.9. The van der Waals surface area contributed by atoms with Gasteiger partial charge in [-0.3, -0.25) is 0 Å². The first-order chi connectivity index (χ1) is 9.99. The van der Waals surface area contributed by atoms with Gasteiger partial charge in [-0.1, -0.05) is 34.8 Å². The van der Waals surface area contributed by atoms with Crippen LogP contribution in [0.3, 0.4) is 0 Å². The Morgan fingerprint density at radius 1 is 1.00 bits per heavy atom. The maximum Gasteiger partial charge on any atom is 0.323 e. The van der Waals surface area contributed by atoms with Crippen LogP contribution < -0.4 is 15.4 Å². The number of nitrogens with one attached hydrogen (secondary N) is 2. The molecule has 7 heteroatoms. The molecule has 0 aliphatic heterocycles. The number of methoxy groups -OCH3 is 1. The molecule has 2 aromatic rings. The summed E-state index contributed by atoms with van der Waals surface area (Å²) in [5.41, 5.74) is 0.942. The average molecular weight is 346 g/mol. The number of urea groups is 1. The number of ether oxygens (including phenoxy) is 1. The second-order valence-electron chi connectivity index (χ2n) is 4.05. The van der Waals surface area contributed by atoms with Crippen molar-refractivity contribution in [2.45, 2.75) is 0 Å². The lowest BCUT2D eigenvalue weighted by Crippen LogP contribution is -2.19. The number of halogens is 3. The summed E-state index contributed by atoms with van der Waals surface area (Å²) in [5, 5.41) is 6.51. The molecule has 2 aromatic carbocycles. The lowest BCUT2D eigenvalue weighted by atomic mass is 10.3. The number of hydrogen-bond donors (Lipinski definition) is 2. The minimum atomic E-state index is -0.458. The molecular weight excluding hydrogens is 335 g/mol. The third-order valence-electron chi connectivity index (χ3n) is 2.59. The molecule has 0 bridgehead atoms. The third kappa shape index (κ3) is 4.17. The normalized spacial score (nSPS) is 10.1. The van der Waals surface area contributed by atoms with Crippen LogP contribution in [0.2, 0.25) is 15.1 Å². The van der Waals surface area contributed by atoms with E-state index in [1.807, 2.05) is 0 Å². The van der Waals surface area contributed by atoms with E-state index in [9.17, 15) is 4.79 Å². The lowest BCUT2D eigenvalue weighted by molar-refractivity contribution is 0.262. The molecule has 0 spiro atoms. The summed E-state index contributed by atoms with van der Waals surface area (Å²) in [4.78, 5) is 11.9. The van der Waals surface area contributed by atoms with Crippen LogP contribution in [0.15, 0.2) is 36.4 Å². The van der Waals surface area contributed by atoms with Crippen molar-refractivity contribution >= 4 is 52.2 Å². The first kappa shape index (κ1) is 15.8. The summed E-state index contributed by atoms with van der Waals surface area (Å²) in [6.07, 6.45) is 0.